The Hall–Kier alpha value is -1.21. The Bertz CT molecular complexity index is 644. The third-order valence-electron chi connectivity index (χ3n) is 6.45. The van der Waals surface area contributed by atoms with Crippen LogP contribution in [0.5, 0.6) is 0 Å². The van der Waals surface area contributed by atoms with Crippen LogP contribution in [0.25, 0.3) is 0 Å². The van der Waals surface area contributed by atoms with Crippen molar-refractivity contribution in [1.82, 2.24) is 0 Å². The van der Waals surface area contributed by atoms with E-state index in [0.717, 1.165) is 37.7 Å². The normalized spacial score (nSPS) is 15.0. The highest BCUT2D eigenvalue weighted by Crippen LogP contribution is 2.38. The minimum absolute atomic E-state index is 0.0859. The number of unbranched alkanes of at least 4 members (excludes halogenated alkanes) is 2. The number of carbonyl (C=O) groups is 1. The Morgan fingerprint density at radius 3 is 2.38 bits per heavy atom. The van der Waals surface area contributed by atoms with Gasteiger partial charge in [-0.2, -0.15) is 0 Å². The van der Waals surface area contributed by atoms with E-state index < -0.39 is 14.4 Å². The number of carbonyl (C=O) groups excluding carboxylic acids is 1. The van der Waals surface area contributed by atoms with Gasteiger partial charge in [-0.25, -0.2) is 0 Å². The largest absolute Gasteiger partial charge is 0.464 e. The van der Waals surface area contributed by atoms with Crippen LogP contribution in [0, 0.1) is 19.3 Å². The number of hydrogen-bond acceptors (Lipinski definition) is 5. The average Bonchev–Trinajstić information content (AvgIpc) is 2.76. The van der Waals surface area contributed by atoms with E-state index in [0.29, 0.717) is 26.1 Å². The van der Waals surface area contributed by atoms with Crippen molar-refractivity contribution < 1.29 is 23.8 Å². The summed E-state index contributed by atoms with van der Waals surface area (Å²) in [5, 5.41) is 10.8. The van der Waals surface area contributed by atoms with Crippen LogP contribution in [0.4, 0.5) is 0 Å². The molecule has 3 atom stereocenters. The van der Waals surface area contributed by atoms with Gasteiger partial charge in [0, 0.05) is 19.1 Å². The summed E-state index contributed by atoms with van der Waals surface area (Å²) in [6.45, 7) is 14.9. The van der Waals surface area contributed by atoms with Gasteiger partial charge in [-0.1, -0.05) is 70.9 Å². The molecule has 0 bridgehead atoms. The number of rotatable bonds is 19. The van der Waals surface area contributed by atoms with E-state index in [1.807, 2.05) is 24.6 Å². The fourth-order valence-electron chi connectivity index (χ4n) is 3.34. The molecule has 193 valence electrons. The van der Waals surface area contributed by atoms with Gasteiger partial charge in [0.2, 0.25) is 0 Å². The summed E-state index contributed by atoms with van der Waals surface area (Å²) in [6.07, 6.45) is 9.67. The zero-order chi connectivity index (χ0) is 25.5. The Labute approximate surface area is 209 Å². The highest BCUT2D eigenvalue weighted by molar-refractivity contribution is 6.74. The molecular formula is C28H47O5Si. The van der Waals surface area contributed by atoms with E-state index >= 15 is 0 Å². The Balaban J connectivity index is 2.56. The summed E-state index contributed by atoms with van der Waals surface area (Å²) in [6, 6.07) is 10.1. The molecule has 1 aromatic carbocycles. The molecule has 0 saturated carbocycles. The zero-order valence-electron chi connectivity index (χ0n) is 22.2. The van der Waals surface area contributed by atoms with Crippen molar-refractivity contribution in [2.45, 2.75) is 109 Å². The molecule has 0 heterocycles. The van der Waals surface area contributed by atoms with Gasteiger partial charge in [-0.3, -0.25) is 4.79 Å². The van der Waals surface area contributed by atoms with E-state index in [9.17, 15) is 9.90 Å². The second-order valence-electron chi connectivity index (χ2n) is 10.5. The number of aliphatic hydroxyl groups is 1. The van der Waals surface area contributed by atoms with Gasteiger partial charge >= 0.3 is 0 Å². The van der Waals surface area contributed by atoms with Crippen molar-refractivity contribution >= 4 is 14.8 Å². The van der Waals surface area contributed by atoms with Crippen LogP contribution in [-0.2, 0) is 25.3 Å². The number of aliphatic hydroxyl groups excluding tert-OH is 1. The first-order chi connectivity index (χ1) is 16.1. The summed E-state index contributed by atoms with van der Waals surface area (Å²) < 4.78 is 17.7. The minimum atomic E-state index is -1.99. The van der Waals surface area contributed by atoms with Crippen LogP contribution >= 0.6 is 0 Å². The predicted octanol–water partition coefficient (Wildman–Crippen LogP) is 6.47. The molecular weight excluding hydrogens is 444 g/mol. The lowest BCUT2D eigenvalue weighted by Crippen LogP contribution is -2.45. The van der Waals surface area contributed by atoms with E-state index in [2.05, 4.69) is 52.9 Å². The van der Waals surface area contributed by atoms with Crippen molar-refractivity contribution in [3.05, 3.63) is 55.2 Å². The second kappa shape index (κ2) is 16.5. The summed E-state index contributed by atoms with van der Waals surface area (Å²) in [5.41, 5.74) is 1.15. The predicted molar refractivity (Wildman–Crippen MR) is 141 cm³/mol. The zero-order valence-corrected chi connectivity index (χ0v) is 23.2. The van der Waals surface area contributed by atoms with Crippen molar-refractivity contribution in [1.29, 1.82) is 0 Å². The van der Waals surface area contributed by atoms with Gasteiger partial charge in [0.05, 0.1) is 12.7 Å². The lowest BCUT2D eigenvalue weighted by atomic mass is 10.0. The minimum Gasteiger partial charge on any atom is -0.464 e. The van der Waals surface area contributed by atoms with E-state index in [1.54, 1.807) is 12.8 Å². The first kappa shape index (κ1) is 30.8. The molecule has 1 aromatic rings. The van der Waals surface area contributed by atoms with Crippen molar-refractivity contribution in [2.75, 3.05) is 6.61 Å². The molecule has 0 aliphatic rings. The highest BCUT2D eigenvalue weighted by Gasteiger charge is 2.39. The van der Waals surface area contributed by atoms with E-state index in [4.69, 9.17) is 13.9 Å². The number of ether oxygens (including phenoxy) is 2. The lowest BCUT2D eigenvalue weighted by molar-refractivity contribution is -0.132. The number of hydrogen-bond donors (Lipinski definition) is 1. The van der Waals surface area contributed by atoms with Crippen molar-refractivity contribution in [3.63, 3.8) is 0 Å². The van der Waals surface area contributed by atoms with E-state index in [-0.39, 0.29) is 17.2 Å². The molecule has 34 heavy (non-hydrogen) atoms. The molecule has 0 aliphatic carbocycles. The molecule has 3 radical (unpaired) electrons. The van der Waals surface area contributed by atoms with Gasteiger partial charge < -0.3 is 19.0 Å². The molecule has 0 fully saturated rings. The van der Waals surface area contributed by atoms with Gasteiger partial charge in [0.25, 0.3) is 6.47 Å². The summed E-state index contributed by atoms with van der Waals surface area (Å²) >= 11 is 0. The molecule has 6 heteroatoms. The summed E-state index contributed by atoms with van der Waals surface area (Å²) in [4.78, 5) is 10.8. The average molecular weight is 492 g/mol. The Kier molecular flexibility index (Phi) is 14.9. The van der Waals surface area contributed by atoms with Crippen LogP contribution in [0.2, 0.25) is 18.1 Å². The van der Waals surface area contributed by atoms with Crippen LogP contribution in [0.3, 0.4) is 0 Å². The third kappa shape index (κ3) is 13.0. The first-order valence-corrected chi connectivity index (χ1v) is 15.6. The van der Waals surface area contributed by atoms with Crippen LogP contribution in [-0.4, -0.2) is 44.8 Å². The van der Waals surface area contributed by atoms with Gasteiger partial charge in [-0.05, 0) is 62.2 Å². The molecule has 0 unspecified atom stereocenters. The molecule has 1 rings (SSSR count). The molecule has 0 amide bonds. The van der Waals surface area contributed by atoms with Crippen molar-refractivity contribution in [3.8, 4) is 0 Å². The molecule has 0 aliphatic heterocycles. The van der Waals surface area contributed by atoms with Gasteiger partial charge in [0.15, 0.2) is 8.32 Å². The van der Waals surface area contributed by atoms with Gasteiger partial charge in [0.1, 0.15) is 6.10 Å². The lowest BCUT2D eigenvalue weighted by Gasteiger charge is -2.39. The molecule has 0 saturated heterocycles. The Morgan fingerprint density at radius 1 is 1.06 bits per heavy atom. The second-order valence-corrected chi connectivity index (χ2v) is 15.2. The molecule has 0 aromatic heterocycles. The highest BCUT2D eigenvalue weighted by atomic mass is 28.4. The summed E-state index contributed by atoms with van der Waals surface area (Å²) in [5.74, 6) is 0. The topological polar surface area (TPSA) is 65.0 Å². The SMILES string of the molecule is CCCCC[C@H]([CH][CH][CH][C@@H](O)C[C@H](CCOCc1ccccc1)O[Si](C)(C)C(C)(C)C)OC=O. The maximum Gasteiger partial charge on any atom is 0.293 e. The smallest absolute Gasteiger partial charge is 0.293 e. The van der Waals surface area contributed by atoms with Crippen LogP contribution < -0.4 is 0 Å². The summed E-state index contributed by atoms with van der Waals surface area (Å²) in [7, 11) is -1.99. The quantitative estimate of drug-likeness (QED) is 0.136. The van der Waals surface area contributed by atoms with Crippen molar-refractivity contribution in [2.24, 2.45) is 0 Å². The fourth-order valence-corrected chi connectivity index (χ4v) is 4.74. The maximum atomic E-state index is 10.8. The Morgan fingerprint density at radius 2 is 1.76 bits per heavy atom. The fraction of sp³-hybridized carbons (Fsp3) is 0.643. The molecule has 1 N–H and O–H groups in total. The standard InChI is InChI=1S/C28H47O5Si/c1-7-8-10-17-26(32-23-29)18-13-16-25(30)21-27(33-34(5,6)28(2,3)4)19-20-31-22-24-14-11-9-12-15-24/h9,11-16,18,23,25-27,30H,7-8,10,17,19-22H2,1-6H3/t25-,26-,27+/m1/s1. The monoisotopic (exact) mass is 491 g/mol. The maximum absolute atomic E-state index is 10.8. The van der Waals surface area contributed by atoms with E-state index in [1.165, 1.54) is 0 Å². The third-order valence-corrected chi connectivity index (χ3v) is 11.0. The first-order valence-electron chi connectivity index (χ1n) is 12.7. The molecule has 0 spiro atoms. The van der Waals surface area contributed by atoms with Crippen LogP contribution in [0.15, 0.2) is 30.3 Å². The number of benzene rings is 1. The molecule has 5 nitrogen and oxygen atoms in total. The van der Waals surface area contributed by atoms with Crippen LogP contribution in [0.1, 0.15) is 71.8 Å². The van der Waals surface area contributed by atoms with Gasteiger partial charge in [-0.15, -0.1) is 0 Å².